The summed E-state index contributed by atoms with van der Waals surface area (Å²) in [6.45, 7) is 11.2. The summed E-state index contributed by atoms with van der Waals surface area (Å²) in [5, 5.41) is 0. The predicted molar refractivity (Wildman–Crippen MR) is 71.4 cm³/mol. The molecule has 0 saturated carbocycles. The second-order valence-electron chi connectivity index (χ2n) is 4.65. The van der Waals surface area contributed by atoms with E-state index in [1.165, 1.54) is 13.0 Å². The Bertz CT molecular complexity index is 405. The molecule has 3 heteroatoms. The molecule has 0 aromatic heterocycles. The zero-order chi connectivity index (χ0) is 14.5. The standard InChI is InChI=1S/C15H21F3/c1-7-12(6)8-13(9-14(16)10(2)3)15(17,18)11(4)5/h8-9H,4,7H2,1-3,5-6H3. The third-order valence-electron chi connectivity index (χ3n) is 2.62. The highest BCUT2D eigenvalue weighted by Gasteiger charge is 2.34. The van der Waals surface area contributed by atoms with Crippen LogP contribution in [-0.4, -0.2) is 5.92 Å². The summed E-state index contributed by atoms with van der Waals surface area (Å²) in [5.41, 5.74) is 0.486. The molecule has 0 aliphatic rings. The van der Waals surface area contributed by atoms with Gasteiger partial charge in [0.1, 0.15) is 5.83 Å². The molecule has 0 aliphatic carbocycles. The number of hydrogen-bond donors (Lipinski definition) is 0. The zero-order valence-electron chi connectivity index (χ0n) is 11.7. The van der Waals surface area contributed by atoms with Crippen LogP contribution in [0, 0.1) is 0 Å². The molecule has 0 bridgehead atoms. The number of allylic oxidation sites excluding steroid dienone is 7. The summed E-state index contributed by atoms with van der Waals surface area (Å²) in [6.07, 6.45) is 2.86. The highest BCUT2D eigenvalue weighted by atomic mass is 19.3. The molecule has 0 radical (unpaired) electrons. The molecule has 0 aromatic rings. The normalized spacial score (nSPS) is 13.6. The highest BCUT2D eigenvalue weighted by molar-refractivity contribution is 5.40. The Kier molecular flexibility index (Phi) is 6.16. The van der Waals surface area contributed by atoms with E-state index < -0.39 is 11.7 Å². The Balaban J connectivity index is 5.76. The molecule has 0 fully saturated rings. The summed E-state index contributed by atoms with van der Waals surface area (Å²) in [4.78, 5) is 0. The molecule has 0 aliphatic heterocycles. The first-order chi connectivity index (χ1) is 8.12. The molecule has 0 nitrogen and oxygen atoms in total. The summed E-state index contributed by atoms with van der Waals surface area (Å²) in [6, 6.07) is 0. The lowest BCUT2D eigenvalue weighted by Gasteiger charge is -2.18. The van der Waals surface area contributed by atoms with Crippen LogP contribution in [0.1, 0.15) is 41.0 Å². The third kappa shape index (κ3) is 4.55. The van der Waals surface area contributed by atoms with Gasteiger partial charge in [0.25, 0.3) is 5.92 Å². The Morgan fingerprint density at radius 2 is 1.61 bits per heavy atom. The Labute approximate surface area is 108 Å². The van der Waals surface area contributed by atoms with Crippen LogP contribution in [0.3, 0.4) is 0 Å². The molecule has 0 N–H and O–H groups in total. The zero-order valence-corrected chi connectivity index (χ0v) is 11.7. The van der Waals surface area contributed by atoms with Crippen LogP contribution in [0.4, 0.5) is 13.2 Å². The predicted octanol–water partition coefficient (Wildman–Crippen LogP) is 5.74. The SMILES string of the molecule is C=C(C)C(F)(F)C(C=C(C)CC)=CC(F)=C(C)C. The topological polar surface area (TPSA) is 0 Å². The van der Waals surface area contributed by atoms with Crippen molar-refractivity contribution in [2.24, 2.45) is 0 Å². The van der Waals surface area contributed by atoms with Gasteiger partial charge in [0.05, 0.1) is 0 Å². The van der Waals surface area contributed by atoms with Gasteiger partial charge in [-0.2, -0.15) is 8.78 Å². The first-order valence-electron chi connectivity index (χ1n) is 5.89. The average Bonchev–Trinajstić information content (AvgIpc) is 2.27. The first-order valence-corrected chi connectivity index (χ1v) is 5.89. The molecular formula is C15H21F3. The summed E-state index contributed by atoms with van der Waals surface area (Å²) >= 11 is 0. The van der Waals surface area contributed by atoms with Crippen molar-refractivity contribution in [2.75, 3.05) is 0 Å². The molecule has 102 valence electrons. The van der Waals surface area contributed by atoms with Gasteiger partial charge in [0, 0.05) is 5.57 Å². The van der Waals surface area contributed by atoms with Crippen molar-refractivity contribution in [2.45, 2.75) is 47.0 Å². The molecule has 0 atom stereocenters. The molecule has 0 amide bonds. The molecule has 0 heterocycles. The van der Waals surface area contributed by atoms with Crippen molar-refractivity contribution in [1.82, 2.24) is 0 Å². The van der Waals surface area contributed by atoms with Gasteiger partial charge in [-0.25, -0.2) is 4.39 Å². The minimum atomic E-state index is -3.22. The van der Waals surface area contributed by atoms with Gasteiger partial charge in [0.2, 0.25) is 0 Å². The Morgan fingerprint density at radius 1 is 1.11 bits per heavy atom. The maximum absolute atomic E-state index is 13.9. The second kappa shape index (κ2) is 6.62. The molecule has 0 unspecified atom stereocenters. The fraction of sp³-hybridized carbons (Fsp3) is 0.467. The second-order valence-corrected chi connectivity index (χ2v) is 4.65. The van der Waals surface area contributed by atoms with Crippen LogP contribution in [0.2, 0.25) is 0 Å². The summed E-state index contributed by atoms with van der Waals surface area (Å²) in [5.74, 6) is -3.85. The lowest BCUT2D eigenvalue weighted by Crippen LogP contribution is -2.19. The van der Waals surface area contributed by atoms with Crippen molar-refractivity contribution in [3.8, 4) is 0 Å². The van der Waals surface area contributed by atoms with Crippen LogP contribution in [0.15, 0.2) is 46.9 Å². The molecule has 18 heavy (non-hydrogen) atoms. The molecular weight excluding hydrogens is 237 g/mol. The Morgan fingerprint density at radius 3 is 1.94 bits per heavy atom. The lowest BCUT2D eigenvalue weighted by atomic mass is 9.98. The van der Waals surface area contributed by atoms with E-state index in [4.69, 9.17) is 0 Å². The average molecular weight is 258 g/mol. The number of rotatable bonds is 5. The van der Waals surface area contributed by atoms with Crippen LogP contribution >= 0.6 is 0 Å². The van der Waals surface area contributed by atoms with Crippen molar-refractivity contribution in [3.63, 3.8) is 0 Å². The van der Waals surface area contributed by atoms with Crippen LogP contribution in [0.25, 0.3) is 0 Å². The van der Waals surface area contributed by atoms with E-state index in [1.54, 1.807) is 20.8 Å². The van der Waals surface area contributed by atoms with Crippen LogP contribution in [-0.2, 0) is 0 Å². The number of alkyl halides is 2. The molecule has 0 spiro atoms. The van der Waals surface area contributed by atoms with E-state index in [-0.39, 0.29) is 11.1 Å². The van der Waals surface area contributed by atoms with E-state index >= 15 is 0 Å². The fourth-order valence-electron chi connectivity index (χ4n) is 1.12. The van der Waals surface area contributed by atoms with E-state index in [9.17, 15) is 13.2 Å². The van der Waals surface area contributed by atoms with E-state index in [0.717, 1.165) is 11.6 Å². The largest absolute Gasteiger partial charge is 0.294 e. The van der Waals surface area contributed by atoms with Gasteiger partial charge in [-0.1, -0.05) is 25.2 Å². The van der Waals surface area contributed by atoms with Gasteiger partial charge >= 0.3 is 0 Å². The van der Waals surface area contributed by atoms with Crippen molar-refractivity contribution >= 4 is 0 Å². The minimum absolute atomic E-state index is 0.296. The van der Waals surface area contributed by atoms with E-state index in [1.807, 2.05) is 6.92 Å². The van der Waals surface area contributed by atoms with Gasteiger partial charge in [0.15, 0.2) is 0 Å². The van der Waals surface area contributed by atoms with E-state index in [0.29, 0.717) is 12.0 Å². The highest BCUT2D eigenvalue weighted by Crippen LogP contribution is 2.34. The van der Waals surface area contributed by atoms with Crippen molar-refractivity contribution in [1.29, 1.82) is 0 Å². The minimum Gasteiger partial charge on any atom is -0.207 e. The number of hydrogen-bond acceptors (Lipinski definition) is 0. The summed E-state index contributed by atoms with van der Waals surface area (Å²) in [7, 11) is 0. The third-order valence-corrected chi connectivity index (χ3v) is 2.62. The van der Waals surface area contributed by atoms with Gasteiger partial charge in [-0.05, 0) is 51.3 Å². The van der Waals surface area contributed by atoms with Crippen LogP contribution in [0.5, 0.6) is 0 Å². The molecule has 0 aromatic carbocycles. The van der Waals surface area contributed by atoms with Gasteiger partial charge in [-0.15, -0.1) is 0 Å². The van der Waals surface area contributed by atoms with E-state index in [2.05, 4.69) is 6.58 Å². The smallest absolute Gasteiger partial charge is 0.207 e. The fourth-order valence-corrected chi connectivity index (χ4v) is 1.12. The molecule has 0 rings (SSSR count). The Hall–Kier alpha value is -1.25. The van der Waals surface area contributed by atoms with Gasteiger partial charge in [-0.3, -0.25) is 0 Å². The van der Waals surface area contributed by atoms with Crippen LogP contribution < -0.4 is 0 Å². The maximum atomic E-state index is 13.9. The quantitative estimate of drug-likeness (QED) is 0.435. The van der Waals surface area contributed by atoms with Crippen molar-refractivity contribution < 1.29 is 13.2 Å². The van der Waals surface area contributed by atoms with Crippen molar-refractivity contribution in [3.05, 3.63) is 46.9 Å². The number of halogens is 3. The first kappa shape index (κ1) is 16.8. The summed E-state index contributed by atoms with van der Waals surface area (Å²) < 4.78 is 41.4. The monoisotopic (exact) mass is 258 g/mol. The maximum Gasteiger partial charge on any atom is 0.294 e. The lowest BCUT2D eigenvalue weighted by molar-refractivity contribution is 0.0873. The van der Waals surface area contributed by atoms with Gasteiger partial charge < -0.3 is 0 Å². The molecule has 0 saturated heterocycles.